The van der Waals surface area contributed by atoms with E-state index in [9.17, 15) is 13.2 Å². The SMILES string of the molecule is COc1cc(Nc2nc3ccccc3nc2NS(=O)(=O)c2cccc(NC(=O)[C@@H]3C[C@H]3c3ccccc3)c2)cc(OC)c1. The van der Waals surface area contributed by atoms with Gasteiger partial charge in [0, 0.05) is 35.5 Å². The molecule has 1 heterocycles. The van der Waals surface area contributed by atoms with Crippen molar-refractivity contribution in [3.05, 3.63) is 103 Å². The number of sulfonamides is 1. The van der Waals surface area contributed by atoms with Crippen molar-refractivity contribution in [3.8, 4) is 11.5 Å². The van der Waals surface area contributed by atoms with E-state index in [4.69, 9.17) is 9.47 Å². The van der Waals surface area contributed by atoms with Crippen LogP contribution in [0.25, 0.3) is 11.0 Å². The molecule has 2 atom stereocenters. The zero-order valence-corrected chi connectivity index (χ0v) is 24.3. The Morgan fingerprint density at radius 2 is 1.42 bits per heavy atom. The van der Waals surface area contributed by atoms with Crippen molar-refractivity contribution in [3.63, 3.8) is 0 Å². The fourth-order valence-electron chi connectivity index (χ4n) is 4.89. The largest absolute Gasteiger partial charge is 0.497 e. The summed E-state index contributed by atoms with van der Waals surface area (Å²) in [5, 5.41) is 6.02. The molecule has 1 fully saturated rings. The first-order chi connectivity index (χ1) is 20.8. The van der Waals surface area contributed by atoms with Crippen LogP contribution >= 0.6 is 0 Å². The molecule has 218 valence electrons. The van der Waals surface area contributed by atoms with E-state index in [0.717, 1.165) is 12.0 Å². The maximum atomic E-state index is 13.6. The lowest BCUT2D eigenvalue weighted by Crippen LogP contribution is -2.17. The van der Waals surface area contributed by atoms with Crippen molar-refractivity contribution >= 4 is 50.0 Å². The Balaban J connectivity index is 1.26. The lowest BCUT2D eigenvalue weighted by molar-refractivity contribution is -0.117. The number of methoxy groups -OCH3 is 2. The minimum atomic E-state index is -4.13. The molecule has 3 N–H and O–H groups in total. The number of amides is 1. The average molecular weight is 596 g/mol. The zero-order valence-electron chi connectivity index (χ0n) is 23.4. The van der Waals surface area contributed by atoms with Crippen LogP contribution in [0.2, 0.25) is 0 Å². The number of rotatable bonds is 10. The molecule has 0 radical (unpaired) electrons. The van der Waals surface area contributed by atoms with E-state index in [2.05, 4.69) is 25.3 Å². The van der Waals surface area contributed by atoms with E-state index in [1.165, 1.54) is 26.4 Å². The molecule has 43 heavy (non-hydrogen) atoms. The van der Waals surface area contributed by atoms with Gasteiger partial charge in [-0.25, -0.2) is 18.4 Å². The predicted molar refractivity (Wildman–Crippen MR) is 166 cm³/mol. The summed E-state index contributed by atoms with van der Waals surface area (Å²) in [5.41, 5.74) is 3.14. The second-order valence-electron chi connectivity index (χ2n) is 10.1. The third-order valence-corrected chi connectivity index (χ3v) is 8.52. The molecule has 6 rings (SSSR count). The number of hydrogen-bond acceptors (Lipinski definition) is 8. The van der Waals surface area contributed by atoms with E-state index >= 15 is 0 Å². The number of anilines is 4. The smallest absolute Gasteiger partial charge is 0.263 e. The van der Waals surface area contributed by atoms with Crippen molar-refractivity contribution in [2.45, 2.75) is 17.2 Å². The highest BCUT2D eigenvalue weighted by Gasteiger charge is 2.43. The van der Waals surface area contributed by atoms with Gasteiger partial charge in [-0.2, -0.15) is 0 Å². The highest BCUT2D eigenvalue weighted by molar-refractivity contribution is 7.92. The summed E-state index contributed by atoms with van der Waals surface area (Å²) < 4.78 is 40.5. The quantitative estimate of drug-likeness (QED) is 0.181. The number of nitrogens with one attached hydrogen (secondary N) is 3. The van der Waals surface area contributed by atoms with Gasteiger partial charge in [-0.05, 0) is 48.2 Å². The maximum absolute atomic E-state index is 13.6. The molecule has 1 aliphatic rings. The summed E-state index contributed by atoms with van der Waals surface area (Å²) in [6.07, 6.45) is 0.755. The molecule has 0 aliphatic heterocycles. The molecular formula is C32H29N5O5S. The summed E-state index contributed by atoms with van der Waals surface area (Å²) >= 11 is 0. The Labute approximate surface area is 249 Å². The molecule has 0 spiro atoms. The number of para-hydroxylation sites is 2. The van der Waals surface area contributed by atoms with Gasteiger partial charge in [-0.15, -0.1) is 0 Å². The fraction of sp³-hybridized carbons (Fsp3) is 0.156. The lowest BCUT2D eigenvalue weighted by Gasteiger charge is -2.15. The summed E-state index contributed by atoms with van der Waals surface area (Å²) in [4.78, 5) is 22.1. The number of ether oxygens (including phenoxy) is 2. The Morgan fingerprint density at radius 3 is 2.09 bits per heavy atom. The molecule has 4 aromatic carbocycles. The van der Waals surface area contributed by atoms with Crippen LogP contribution in [0, 0.1) is 5.92 Å². The topological polar surface area (TPSA) is 132 Å². The summed E-state index contributed by atoms with van der Waals surface area (Å²) in [7, 11) is -1.06. The van der Waals surface area contributed by atoms with Crippen LogP contribution in [0.3, 0.4) is 0 Å². The normalized spacial score (nSPS) is 15.9. The standard InChI is InChI=1S/C32H29N5O5S/c1-41-23-15-22(16-24(18-23)42-2)33-30-31(36-29-14-7-6-13-28(29)35-30)37-43(39,40)25-12-8-11-21(17-25)34-32(38)27-19-26(27)20-9-4-3-5-10-20/h3-18,26-27H,19H2,1-2H3,(H,33,35)(H,34,38)(H,36,37)/t26-,27+/m0/s1. The number of benzene rings is 4. The number of aromatic nitrogens is 2. The maximum Gasteiger partial charge on any atom is 0.263 e. The monoisotopic (exact) mass is 595 g/mol. The molecule has 1 saturated carbocycles. The van der Waals surface area contributed by atoms with Gasteiger partial charge in [0.1, 0.15) is 11.5 Å². The molecular weight excluding hydrogens is 566 g/mol. The van der Waals surface area contributed by atoms with E-state index < -0.39 is 10.0 Å². The first kappa shape index (κ1) is 28.0. The Morgan fingerprint density at radius 1 is 0.767 bits per heavy atom. The van der Waals surface area contributed by atoms with Crippen LogP contribution in [-0.4, -0.2) is 38.5 Å². The molecule has 0 saturated heterocycles. The molecule has 10 nitrogen and oxygen atoms in total. The summed E-state index contributed by atoms with van der Waals surface area (Å²) in [5.74, 6) is 1.13. The highest BCUT2D eigenvalue weighted by Crippen LogP contribution is 2.48. The van der Waals surface area contributed by atoms with E-state index in [-0.39, 0.29) is 34.3 Å². The van der Waals surface area contributed by atoms with Gasteiger partial charge in [0.15, 0.2) is 11.6 Å². The third-order valence-electron chi connectivity index (χ3n) is 7.18. The second-order valence-corrected chi connectivity index (χ2v) is 11.8. The fourth-order valence-corrected chi connectivity index (χ4v) is 5.94. The van der Waals surface area contributed by atoms with Crippen molar-refractivity contribution in [2.24, 2.45) is 5.92 Å². The van der Waals surface area contributed by atoms with Gasteiger partial charge in [-0.1, -0.05) is 48.5 Å². The highest BCUT2D eigenvalue weighted by atomic mass is 32.2. The van der Waals surface area contributed by atoms with E-state index in [1.807, 2.05) is 36.4 Å². The Bertz CT molecular complexity index is 1890. The van der Waals surface area contributed by atoms with Crippen LogP contribution in [0.1, 0.15) is 17.9 Å². The van der Waals surface area contributed by atoms with Crippen molar-refractivity contribution in [1.29, 1.82) is 0 Å². The summed E-state index contributed by atoms with van der Waals surface area (Å²) in [6, 6.07) is 28.3. The van der Waals surface area contributed by atoms with Crippen LogP contribution in [0.4, 0.5) is 23.0 Å². The molecule has 1 aliphatic carbocycles. The summed E-state index contributed by atoms with van der Waals surface area (Å²) in [6.45, 7) is 0. The van der Waals surface area contributed by atoms with Crippen molar-refractivity contribution < 1.29 is 22.7 Å². The number of fused-ring (bicyclic) bond motifs is 1. The molecule has 5 aromatic rings. The zero-order chi connectivity index (χ0) is 30.0. The van der Waals surface area contributed by atoms with E-state index in [0.29, 0.717) is 33.9 Å². The number of nitrogens with zero attached hydrogens (tertiary/aromatic N) is 2. The number of carbonyl (C=O) groups excluding carboxylic acids is 1. The minimum Gasteiger partial charge on any atom is -0.497 e. The van der Waals surface area contributed by atoms with Gasteiger partial charge in [0.2, 0.25) is 5.91 Å². The minimum absolute atomic E-state index is 0.00129. The Kier molecular flexibility index (Phi) is 7.56. The number of carbonyl (C=O) groups is 1. The first-order valence-corrected chi connectivity index (χ1v) is 15.1. The first-order valence-electron chi connectivity index (χ1n) is 13.6. The third kappa shape index (κ3) is 6.21. The molecule has 1 amide bonds. The predicted octanol–water partition coefficient (Wildman–Crippen LogP) is 5.93. The van der Waals surface area contributed by atoms with Gasteiger partial charge < -0.3 is 20.1 Å². The lowest BCUT2D eigenvalue weighted by atomic mass is 10.1. The molecule has 11 heteroatoms. The molecule has 1 aromatic heterocycles. The Hall–Kier alpha value is -5.16. The van der Waals surface area contributed by atoms with Gasteiger partial charge in [0.25, 0.3) is 10.0 Å². The van der Waals surface area contributed by atoms with Gasteiger partial charge >= 0.3 is 0 Å². The van der Waals surface area contributed by atoms with Crippen LogP contribution < -0.4 is 24.8 Å². The van der Waals surface area contributed by atoms with Crippen LogP contribution in [-0.2, 0) is 14.8 Å². The van der Waals surface area contributed by atoms with Crippen LogP contribution in [0.15, 0.2) is 102 Å². The molecule has 0 bridgehead atoms. The van der Waals surface area contributed by atoms with Crippen LogP contribution in [0.5, 0.6) is 11.5 Å². The van der Waals surface area contributed by atoms with Gasteiger partial charge in [-0.3, -0.25) is 9.52 Å². The molecule has 0 unspecified atom stereocenters. The second kappa shape index (κ2) is 11.6. The van der Waals surface area contributed by atoms with E-state index in [1.54, 1.807) is 48.5 Å². The number of hydrogen-bond donors (Lipinski definition) is 3. The van der Waals surface area contributed by atoms with Crippen molar-refractivity contribution in [1.82, 2.24) is 9.97 Å². The average Bonchev–Trinajstić information content (AvgIpc) is 3.83. The van der Waals surface area contributed by atoms with Crippen molar-refractivity contribution in [2.75, 3.05) is 29.6 Å². The van der Waals surface area contributed by atoms with Gasteiger partial charge in [0.05, 0.1) is 30.1 Å².